The molecule has 2 aliphatic heterocycles. The highest BCUT2D eigenvalue weighted by molar-refractivity contribution is 7.57. The Hall–Kier alpha value is -1.02. The van der Waals surface area contributed by atoms with E-state index in [0.717, 1.165) is 11.1 Å². The van der Waals surface area contributed by atoms with Crippen LogP contribution in [0.4, 0.5) is 0 Å². The first-order valence-electron chi connectivity index (χ1n) is 9.35. The first-order chi connectivity index (χ1) is 14.0. The molecule has 8 nitrogen and oxygen atoms in total. The zero-order valence-electron chi connectivity index (χ0n) is 15.9. The van der Waals surface area contributed by atoms with Gasteiger partial charge in [0, 0.05) is 0 Å². The molecule has 2 fully saturated rings. The quantitative estimate of drug-likeness (QED) is 0.657. The molecule has 0 atom stereocenters. The van der Waals surface area contributed by atoms with Crippen molar-refractivity contribution in [3.8, 4) is 0 Å². The second-order valence-corrected chi connectivity index (χ2v) is 10.9. The summed E-state index contributed by atoms with van der Waals surface area (Å²) in [6.07, 6.45) is 0. The fourth-order valence-electron chi connectivity index (χ4n) is 2.96. The van der Waals surface area contributed by atoms with E-state index in [1.807, 2.05) is 60.7 Å². The Bertz CT molecular complexity index is 711. The van der Waals surface area contributed by atoms with Gasteiger partial charge in [0.25, 0.3) is 0 Å². The highest BCUT2D eigenvalue weighted by Gasteiger charge is 2.53. The summed E-state index contributed by atoms with van der Waals surface area (Å²) in [4.78, 5) is 25.4. The van der Waals surface area contributed by atoms with Gasteiger partial charge in [0.1, 0.15) is 26.4 Å². The lowest BCUT2D eigenvalue weighted by Gasteiger charge is -2.44. The molecule has 0 unspecified atom stereocenters. The predicted molar refractivity (Wildman–Crippen MR) is 107 cm³/mol. The monoisotopic (exact) mass is 438 g/mol. The molecular formula is C19H24N2O6P2. The van der Waals surface area contributed by atoms with E-state index in [4.69, 9.17) is 18.1 Å². The second kappa shape index (κ2) is 9.00. The average molecular weight is 438 g/mol. The summed E-state index contributed by atoms with van der Waals surface area (Å²) in [6, 6.07) is 19.2. The Morgan fingerprint density at radius 3 is 1.34 bits per heavy atom. The third kappa shape index (κ3) is 5.57. The summed E-state index contributed by atoms with van der Waals surface area (Å²) < 4.78 is 22.1. The summed E-state index contributed by atoms with van der Waals surface area (Å²) in [5.41, 5.74) is 1.32. The molecule has 2 N–H and O–H groups in total. The van der Waals surface area contributed by atoms with Gasteiger partial charge in [-0.05, 0) is 11.1 Å². The number of nitrogens with one attached hydrogen (secondary N) is 2. The van der Waals surface area contributed by atoms with Crippen LogP contribution in [0.3, 0.4) is 0 Å². The van der Waals surface area contributed by atoms with E-state index in [-0.39, 0.29) is 26.4 Å². The standard InChI is InChI=1S/C19H24N2O6P2/c22-28(20-11-17-7-3-1-4-8-17)24-13-19(14-25-28)15-26-29(23,27-16-19)21-12-18-9-5-2-6-10-18/h1-10H,11-16H2,(H,20,22)(H,21,23). The maximum Gasteiger partial charge on any atom is 0.312 e. The molecule has 2 aliphatic rings. The van der Waals surface area contributed by atoms with E-state index in [1.54, 1.807) is 0 Å². The van der Waals surface area contributed by atoms with Crippen molar-refractivity contribution in [2.24, 2.45) is 5.41 Å². The Balaban J connectivity index is 1.25. The molecule has 4 rings (SSSR count). The first kappa shape index (κ1) is 21.2. The van der Waals surface area contributed by atoms with Gasteiger partial charge in [0.2, 0.25) is 0 Å². The normalized spacial score (nSPS) is 32.3. The van der Waals surface area contributed by atoms with Crippen LogP contribution in [0, 0.1) is 5.41 Å². The Morgan fingerprint density at radius 2 is 1.00 bits per heavy atom. The van der Waals surface area contributed by atoms with Crippen molar-refractivity contribution in [3.63, 3.8) is 0 Å². The van der Waals surface area contributed by atoms with Crippen LogP contribution in [0.15, 0.2) is 60.7 Å². The lowest BCUT2D eigenvalue weighted by atomic mass is 9.93. The first-order valence-corrected chi connectivity index (χ1v) is 12.4. The topological polar surface area (TPSA) is 107 Å². The summed E-state index contributed by atoms with van der Waals surface area (Å²) in [5.74, 6) is 0. The Labute approximate surface area is 171 Å². The minimum absolute atomic E-state index is 0.130. The molecule has 29 heavy (non-hydrogen) atoms. The third-order valence-electron chi connectivity index (χ3n) is 4.80. The van der Waals surface area contributed by atoms with E-state index < -0.39 is 21.6 Å². The molecule has 2 aromatic carbocycles. The van der Waals surface area contributed by atoms with E-state index in [2.05, 4.69) is 10.2 Å². The average Bonchev–Trinajstić information content (AvgIpc) is 2.77. The fraction of sp³-hybridized carbons (Fsp3) is 0.368. The van der Waals surface area contributed by atoms with Crippen LogP contribution in [0.5, 0.6) is 0 Å². The van der Waals surface area contributed by atoms with Gasteiger partial charge in [-0.1, -0.05) is 60.7 Å². The molecule has 156 valence electrons. The number of hydrogen-bond donors (Lipinski definition) is 2. The molecule has 2 heterocycles. The van der Waals surface area contributed by atoms with Crippen LogP contribution in [0.25, 0.3) is 0 Å². The second-order valence-electron chi connectivity index (χ2n) is 7.23. The summed E-state index contributed by atoms with van der Waals surface area (Å²) in [7, 11) is -6.80. The number of hydrogen-bond acceptors (Lipinski definition) is 8. The molecule has 0 bridgehead atoms. The van der Waals surface area contributed by atoms with Crippen molar-refractivity contribution < 1.29 is 27.9 Å². The maximum absolute atomic E-state index is 12.7. The van der Waals surface area contributed by atoms with Crippen molar-refractivity contribution >= 4 is 16.2 Å². The van der Waals surface area contributed by atoms with Gasteiger partial charge in [-0.25, -0.2) is 0 Å². The van der Waals surface area contributed by atoms with Crippen LogP contribution in [0.1, 0.15) is 11.1 Å². The molecule has 0 aromatic heterocycles. The molecule has 0 amide bonds. The molecular weight excluding hydrogens is 414 g/mol. The highest BCUT2D eigenvalue weighted by atomic mass is 31.2. The van der Waals surface area contributed by atoms with Gasteiger partial charge in [0.15, 0.2) is 0 Å². The molecule has 1 spiro atoms. The van der Waals surface area contributed by atoms with Crippen molar-refractivity contribution in [1.82, 2.24) is 10.2 Å². The fourth-order valence-corrected chi connectivity index (χ4v) is 6.00. The minimum Gasteiger partial charge on any atom is -0.616 e. The SMILES string of the molecule is [O-][P+]1(NCc2ccccc2)OCC2(CO1)CO[P+]([O-])(NCc1ccccc1)OC2. The van der Waals surface area contributed by atoms with E-state index in [1.165, 1.54) is 0 Å². The number of rotatable bonds is 6. The van der Waals surface area contributed by atoms with Crippen LogP contribution < -0.4 is 20.0 Å². The van der Waals surface area contributed by atoms with E-state index in [9.17, 15) is 9.79 Å². The largest absolute Gasteiger partial charge is 0.616 e. The van der Waals surface area contributed by atoms with Crippen LogP contribution >= 0.6 is 16.2 Å². The molecule has 0 radical (unpaired) electrons. The predicted octanol–water partition coefficient (Wildman–Crippen LogP) is 1.72. The van der Waals surface area contributed by atoms with Crippen molar-refractivity contribution in [3.05, 3.63) is 71.8 Å². The lowest BCUT2D eigenvalue weighted by Crippen LogP contribution is -2.52. The van der Waals surface area contributed by atoms with Gasteiger partial charge in [-0.3, -0.25) is 0 Å². The van der Waals surface area contributed by atoms with Gasteiger partial charge in [-0.15, -0.1) is 10.2 Å². The Kier molecular flexibility index (Phi) is 6.59. The summed E-state index contributed by atoms with van der Waals surface area (Å²) in [5, 5.41) is 5.71. The van der Waals surface area contributed by atoms with Crippen LogP contribution in [0.2, 0.25) is 0 Å². The molecule has 10 heteroatoms. The van der Waals surface area contributed by atoms with E-state index in [0.29, 0.717) is 13.1 Å². The maximum atomic E-state index is 12.7. The summed E-state index contributed by atoms with van der Waals surface area (Å²) >= 11 is 0. The molecule has 2 aromatic rings. The lowest BCUT2D eigenvalue weighted by molar-refractivity contribution is -0.260. The van der Waals surface area contributed by atoms with Gasteiger partial charge in [0.05, 0.1) is 18.5 Å². The van der Waals surface area contributed by atoms with Crippen LogP contribution in [-0.2, 0) is 31.2 Å². The minimum atomic E-state index is -3.40. The highest BCUT2D eigenvalue weighted by Crippen LogP contribution is 2.59. The third-order valence-corrected chi connectivity index (χ3v) is 7.77. The smallest absolute Gasteiger partial charge is 0.312 e. The zero-order chi connectivity index (χ0) is 20.2. The molecule has 0 aliphatic carbocycles. The van der Waals surface area contributed by atoms with Gasteiger partial charge >= 0.3 is 16.2 Å². The number of benzene rings is 2. The Morgan fingerprint density at radius 1 is 0.655 bits per heavy atom. The van der Waals surface area contributed by atoms with Crippen LogP contribution in [-0.4, -0.2) is 26.4 Å². The zero-order valence-corrected chi connectivity index (χ0v) is 17.6. The van der Waals surface area contributed by atoms with Crippen molar-refractivity contribution in [2.75, 3.05) is 26.4 Å². The summed E-state index contributed by atoms with van der Waals surface area (Å²) in [6.45, 7) is 1.26. The molecule has 0 saturated carbocycles. The van der Waals surface area contributed by atoms with Gasteiger partial charge in [-0.2, -0.15) is 18.1 Å². The van der Waals surface area contributed by atoms with Crippen molar-refractivity contribution in [1.29, 1.82) is 0 Å². The van der Waals surface area contributed by atoms with Crippen molar-refractivity contribution in [2.45, 2.75) is 13.1 Å². The van der Waals surface area contributed by atoms with Gasteiger partial charge < -0.3 is 9.79 Å². The molecule has 2 saturated heterocycles. The van der Waals surface area contributed by atoms with E-state index >= 15 is 0 Å².